The number of aliphatic hydroxyl groups is 1. The zero-order chi connectivity index (χ0) is 23.7. The highest BCUT2D eigenvalue weighted by atomic mass is 19.1. The Hall–Kier alpha value is -3.37. The van der Waals surface area contributed by atoms with Gasteiger partial charge in [-0.05, 0) is 42.7 Å². The number of nitrogens with zero attached hydrogens (tertiary/aromatic N) is 2. The largest absolute Gasteiger partial charge is 0.394 e. The van der Waals surface area contributed by atoms with Crippen LogP contribution in [0, 0.1) is 23.6 Å². The first-order chi connectivity index (χ1) is 16.5. The van der Waals surface area contributed by atoms with Crippen LogP contribution in [0.1, 0.15) is 42.7 Å². The van der Waals surface area contributed by atoms with Gasteiger partial charge in [0.05, 0.1) is 24.4 Å². The molecule has 3 amide bonds. The summed E-state index contributed by atoms with van der Waals surface area (Å²) >= 11 is 0. The third kappa shape index (κ3) is 4.26. The minimum absolute atomic E-state index is 0.0788. The number of halogens is 1. The predicted octanol–water partition coefficient (Wildman–Crippen LogP) is 3.57. The zero-order valence-corrected chi connectivity index (χ0v) is 18.9. The van der Waals surface area contributed by atoms with Crippen molar-refractivity contribution in [2.45, 2.75) is 43.7 Å². The summed E-state index contributed by atoms with van der Waals surface area (Å²) < 4.78 is 14.0. The van der Waals surface area contributed by atoms with Gasteiger partial charge >= 0.3 is 6.03 Å². The maximum Gasteiger partial charge on any atom is 0.322 e. The number of hydrogen-bond acceptors (Lipinski definition) is 3. The topological polar surface area (TPSA) is 72.9 Å². The molecule has 2 aromatic rings. The summed E-state index contributed by atoms with van der Waals surface area (Å²) in [5.41, 5.74) is 2.05. The molecule has 0 spiro atoms. The molecule has 2 aromatic carbocycles. The van der Waals surface area contributed by atoms with Crippen LogP contribution in [-0.4, -0.2) is 58.6 Å². The Kier molecular flexibility index (Phi) is 6.25. The van der Waals surface area contributed by atoms with Crippen LogP contribution in [0.5, 0.6) is 0 Å². The van der Waals surface area contributed by atoms with E-state index in [2.05, 4.69) is 17.2 Å². The number of piperazine rings is 1. The van der Waals surface area contributed by atoms with Gasteiger partial charge in [0, 0.05) is 23.9 Å². The molecule has 1 aliphatic carbocycles. The summed E-state index contributed by atoms with van der Waals surface area (Å²) in [5, 5.41) is 12.5. The highest BCUT2D eigenvalue weighted by molar-refractivity contribution is 5.94. The first-order valence-electron chi connectivity index (χ1n) is 11.9. The first kappa shape index (κ1) is 22.4. The predicted molar refractivity (Wildman–Crippen MR) is 127 cm³/mol. The number of carbonyl (C=O) groups is 2. The molecule has 2 saturated heterocycles. The summed E-state index contributed by atoms with van der Waals surface area (Å²) in [5.74, 6) is 6.30. The average molecular weight is 462 g/mol. The van der Waals surface area contributed by atoms with Crippen molar-refractivity contribution in [2.75, 3.05) is 25.0 Å². The van der Waals surface area contributed by atoms with E-state index in [4.69, 9.17) is 0 Å². The van der Waals surface area contributed by atoms with Gasteiger partial charge < -0.3 is 20.2 Å². The van der Waals surface area contributed by atoms with Gasteiger partial charge in [-0.2, -0.15) is 0 Å². The van der Waals surface area contributed by atoms with Crippen LogP contribution < -0.4 is 5.32 Å². The second-order valence-electron chi connectivity index (χ2n) is 9.31. The average Bonchev–Trinajstić information content (AvgIpc) is 3.35. The first-order valence-corrected chi connectivity index (χ1v) is 11.9. The Morgan fingerprint density at radius 3 is 2.56 bits per heavy atom. The minimum atomic E-state index is -0.529. The maximum atomic E-state index is 14.0. The Balaban J connectivity index is 1.30. The monoisotopic (exact) mass is 461 g/mol. The maximum absolute atomic E-state index is 14.0. The van der Waals surface area contributed by atoms with Gasteiger partial charge in [0.15, 0.2) is 0 Å². The van der Waals surface area contributed by atoms with Gasteiger partial charge in [-0.15, -0.1) is 0 Å². The fourth-order valence-corrected chi connectivity index (χ4v) is 5.46. The van der Waals surface area contributed by atoms with Crippen molar-refractivity contribution in [1.82, 2.24) is 9.80 Å². The van der Waals surface area contributed by atoms with Crippen LogP contribution in [0.4, 0.5) is 14.9 Å². The Labute approximate surface area is 198 Å². The fraction of sp³-hybridized carbons (Fsp3) is 0.407. The lowest BCUT2D eigenvalue weighted by Crippen LogP contribution is -2.73. The van der Waals surface area contributed by atoms with Crippen LogP contribution in [0.15, 0.2) is 48.5 Å². The molecule has 0 bridgehead atoms. The number of carbonyl (C=O) groups excluding carboxylic acids is 2. The minimum Gasteiger partial charge on any atom is -0.394 e. The molecule has 0 radical (unpaired) electrons. The van der Waals surface area contributed by atoms with Crippen LogP contribution >= 0.6 is 0 Å². The molecule has 2 aliphatic heterocycles. The number of aliphatic hydroxyl groups excluding tert-OH is 1. The van der Waals surface area contributed by atoms with Crippen molar-refractivity contribution < 1.29 is 19.1 Å². The van der Waals surface area contributed by atoms with Gasteiger partial charge in [0.2, 0.25) is 5.91 Å². The molecule has 2 N–H and O–H groups in total. The lowest BCUT2D eigenvalue weighted by molar-refractivity contribution is -0.159. The molecule has 1 saturated carbocycles. The summed E-state index contributed by atoms with van der Waals surface area (Å²) in [6.45, 7) is 0.0731. The van der Waals surface area contributed by atoms with Gasteiger partial charge in [-0.1, -0.05) is 48.9 Å². The molecular weight excluding hydrogens is 433 g/mol. The van der Waals surface area contributed by atoms with E-state index in [-0.39, 0.29) is 42.7 Å². The van der Waals surface area contributed by atoms with Crippen LogP contribution in [0.3, 0.4) is 0 Å². The summed E-state index contributed by atoms with van der Waals surface area (Å²) in [6, 6.07) is 12.9. The summed E-state index contributed by atoms with van der Waals surface area (Å²) in [6.07, 6.45) is 4.87. The zero-order valence-electron chi connectivity index (χ0n) is 18.9. The van der Waals surface area contributed by atoms with Gasteiger partial charge in [-0.25, -0.2) is 9.18 Å². The van der Waals surface area contributed by atoms with Crippen LogP contribution in [-0.2, 0) is 4.79 Å². The quantitative estimate of drug-likeness (QED) is 0.687. The number of urea groups is 1. The van der Waals surface area contributed by atoms with Gasteiger partial charge in [0.1, 0.15) is 12.4 Å². The van der Waals surface area contributed by atoms with E-state index in [1.165, 1.54) is 42.7 Å². The van der Waals surface area contributed by atoms with E-state index in [0.29, 0.717) is 12.5 Å². The molecule has 3 aliphatic rings. The number of benzene rings is 2. The second kappa shape index (κ2) is 9.47. The van der Waals surface area contributed by atoms with Crippen LogP contribution in [0.2, 0.25) is 0 Å². The van der Waals surface area contributed by atoms with E-state index in [1.807, 2.05) is 24.3 Å². The summed E-state index contributed by atoms with van der Waals surface area (Å²) in [7, 11) is 0. The second-order valence-corrected chi connectivity index (χ2v) is 9.31. The standard InChI is InChI=1S/C27H28FN3O3/c28-21-7-3-4-8-22(21)29-27(34)30-15-23-26(24(17-32)31(23)25(33)16-30)20-13-11-19(12-14-20)10-9-18-5-1-2-6-18/h3-4,7-8,11-14,18,23-24,26,32H,1-2,5-6,15-17H2,(H,29,34)/t23-,24+,26+/m0/s1. The van der Waals surface area contributed by atoms with Crippen molar-refractivity contribution in [3.63, 3.8) is 0 Å². The number of anilines is 1. The Bertz CT molecular complexity index is 1130. The fourth-order valence-electron chi connectivity index (χ4n) is 5.46. The molecule has 176 valence electrons. The SMILES string of the molecule is O=C(Nc1ccccc1F)N1CC(=O)N2[C@H](CO)[C@H](c3ccc(C#CC4CCCC4)cc3)[C@@H]2C1. The number of hydrogen-bond donors (Lipinski definition) is 2. The van der Waals surface area contributed by atoms with E-state index >= 15 is 0 Å². The highest BCUT2D eigenvalue weighted by Gasteiger charge is 2.54. The molecule has 0 unspecified atom stereocenters. The molecule has 7 heteroatoms. The third-order valence-corrected chi connectivity index (χ3v) is 7.23. The number of amides is 3. The number of fused-ring (bicyclic) bond motifs is 1. The number of rotatable bonds is 3. The lowest BCUT2D eigenvalue weighted by Gasteiger charge is -2.58. The number of nitrogens with one attached hydrogen (secondary N) is 1. The third-order valence-electron chi connectivity index (χ3n) is 7.23. The Morgan fingerprint density at radius 2 is 1.85 bits per heavy atom. The summed E-state index contributed by atoms with van der Waals surface area (Å²) in [4.78, 5) is 28.7. The highest BCUT2D eigenvalue weighted by Crippen LogP contribution is 2.43. The van der Waals surface area contributed by atoms with Crippen molar-refractivity contribution in [1.29, 1.82) is 0 Å². The Morgan fingerprint density at radius 1 is 1.12 bits per heavy atom. The van der Waals surface area contributed by atoms with E-state index in [9.17, 15) is 19.1 Å². The van der Waals surface area contributed by atoms with Crippen molar-refractivity contribution in [3.05, 3.63) is 65.5 Å². The van der Waals surface area contributed by atoms with Crippen molar-refractivity contribution in [2.24, 2.45) is 5.92 Å². The van der Waals surface area contributed by atoms with E-state index < -0.39 is 11.8 Å². The van der Waals surface area contributed by atoms with E-state index in [1.54, 1.807) is 17.0 Å². The van der Waals surface area contributed by atoms with Gasteiger partial charge in [-0.3, -0.25) is 4.79 Å². The molecule has 3 atom stereocenters. The van der Waals surface area contributed by atoms with Gasteiger partial charge in [0.25, 0.3) is 0 Å². The van der Waals surface area contributed by atoms with E-state index in [0.717, 1.165) is 11.1 Å². The smallest absolute Gasteiger partial charge is 0.322 e. The molecule has 6 nitrogen and oxygen atoms in total. The van der Waals surface area contributed by atoms with Crippen molar-refractivity contribution in [3.8, 4) is 11.8 Å². The van der Waals surface area contributed by atoms with Crippen molar-refractivity contribution >= 4 is 17.6 Å². The molecule has 5 rings (SSSR count). The molecule has 34 heavy (non-hydrogen) atoms. The molecule has 3 fully saturated rings. The van der Waals surface area contributed by atoms with Crippen LogP contribution in [0.25, 0.3) is 0 Å². The number of para-hydroxylation sites is 1. The normalized spacial score (nSPS) is 24.2. The molecule has 2 heterocycles. The molecular formula is C27H28FN3O3. The lowest BCUT2D eigenvalue weighted by atomic mass is 9.73. The molecule has 0 aromatic heterocycles.